The number of ether oxygens (including phenoxy) is 2. The van der Waals surface area contributed by atoms with E-state index in [1.54, 1.807) is 14.2 Å². The summed E-state index contributed by atoms with van der Waals surface area (Å²) in [5, 5.41) is 6.16. The van der Waals surface area contributed by atoms with E-state index in [0.29, 0.717) is 25.5 Å². The first-order valence-electron chi connectivity index (χ1n) is 7.22. The van der Waals surface area contributed by atoms with Gasteiger partial charge in [0.1, 0.15) is 6.61 Å². The predicted octanol–water partition coefficient (Wildman–Crippen LogP) is 2.80. The highest BCUT2D eigenvalue weighted by Crippen LogP contribution is 2.20. The molecular weight excluding hydrogens is 426 g/mol. The van der Waals surface area contributed by atoms with Gasteiger partial charge >= 0.3 is 6.18 Å². The van der Waals surface area contributed by atoms with Crippen LogP contribution in [-0.4, -0.2) is 58.7 Å². The minimum Gasteiger partial charge on any atom is -0.379 e. The van der Waals surface area contributed by atoms with Crippen molar-refractivity contribution < 1.29 is 22.6 Å². The Bertz CT molecular complexity index is 334. The fourth-order valence-corrected chi connectivity index (χ4v) is 1.72. The summed E-state index contributed by atoms with van der Waals surface area (Å²) in [6, 6.07) is 0. The molecule has 0 aromatic rings. The number of guanidine groups is 1. The Morgan fingerprint density at radius 2 is 1.78 bits per heavy atom. The van der Waals surface area contributed by atoms with Crippen LogP contribution in [0.3, 0.4) is 0 Å². The number of nitrogens with zero attached hydrogens (tertiary/aromatic N) is 1. The first kappa shape index (κ1) is 25.0. The Morgan fingerprint density at radius 3 is 2.22 bits per heavy atom. The maximum atomic E-state index is 11.9. The van der Waals surface area contributed by atoms with Gasteiger partial charge in [0.15, 0.2) is 5.96 Å². The molecule has 0 fully saturated rings. The van der Waals surface area contributed by atoms with Crippen LogP contribution in [0.4, 0.5) is 13.2 Å². The van der Waals surface area contributed by atoms with E-state index in [2.05, 4.69) is 41.1 Å². The topological polar surface area (TPSA) is 54.9 Å². The summed E-state index contributed by atoms with van der Waals surface area (Å²) in [4.78, 5) is 4.05. The zero-order valence-electron chi connectivity index (χ0n) is 14.4. The zero-order valence-corrected chi connectivity index (χ0v) is 16.7. The van der Waals surface area contributed by atoms with Crippen LogP contribution in [0.25, 0.3) is 0 Å². The summed E-state index contributed by atoms with van der Waals surface area (Å²) >= 11 is 0. The third kappa shape index (κ3) is 13.8. The highest BCUT2D eigenvalue weighted by Gasteiger charge is 2.27. The van der Waals surface area contributed by atoms with E-state index in [4.69, 9.17) is 4.74 Å². The summed E-state index contributed by atoms with van der Waals surface area (Å²) in [5.41, 5.74) is -0.00790. The standard InChI is InChI=1S/C14H28F3N3O2.HI/c1-13(2,3)11(21-5)9-20-12(18-4)19-7-6-8-22-10-14(15,16)17;/h11H,6-10H2,1-5H3,(H2,18,19,20);1H. The van der Waals surface area contributed by atoms with E-state index in [9.17, 15) is 13.2 Å². The monoisotopic (exact) mass is 455 g/mol. The van der Waals surface area contributed by atoms with Gasteiger partial charge in [-0.1, -0.05) is 20.8 Å². The smallest absolute Gasteiger partial charge is 0.379 e. The largest absolute Gasteiger partial charge is 0.411 e. The van der Waals surface area contributed by atoms with E-state index in [1.165, 1.54) is 0 Å². The highest BCUT2D eigenvalue weighted by molar-refractivity contribution is 14.0. The van der Waals surface area contributed by atoms with Crippen molar-refractivity contribution in [1.82, 2.24) is 10.6 Å². The van der Waals surface area contributed by atoms with Gasteiger partial charge in [0.2, 0.25) is 0 Å². The van der Waals surface area contributed by atoms with Gasteiger partial charge in [-0.15, -0.1) is 24.0 Å². The van der Waals surface area contributed by atoms with Gasteiger partial charge in [-0.25, -0.2) is 0 Å². The summed E-state index contributed by atoms with van der Waals surface area (Å²) in [7, 11) is 3.29. The number of alkyl halides is 3. The van der Waals surface area contributed by atoms with Crippen molar-refractivity contribution in [2.75, 3.05) is 40.5 Å². The molecule has 23 heavy (non-hydrogen) atoms. The van der Waals surface area contributed by atoms with Crippen molar-refractivity contribution >= 4 is 29.9 Å². The average molecular weight is 455 g/mol. The Labute approximate surface area is 153 Å². The maximum absolute atomic E-state index is 11.9. The van der Waals surface area contributed by atoms with Gasteiger partial charge in [-0.3, -0.25) is 4.99 Å². The molecule has 0 saturated heterocycles. The molecule has 1 unspecified atom stereocenters. The molecule has 0 aliphatic heterocycles. The molecule has 1 atom stereocenters. The molecule has 0 rings (SSSR count). The lowest BCUT2D eigenvalue weighted by Gasteiger charge is -2.30. The first-order valence-corrected chi connectivity index (χ1v) is 7.22. The second kappa shape index (κ2) is 12.1. The molecule has 0 aliphatic rings. The van der Waals surface area contributed by atoms with Crippen molar-refractivity contribution in [3.8, 4) is 0 Å². The highest BCUT2D eigenvalue weighted by atomic mass is 127. The van der Waals surface area contributed by atoms with E-state index in [0.717, 1.165) is 0 Å². The van der Waals surface area contributed by atoms with E-state index < -0.39 is 12.8 Å². The third-order valence-corrected chi connectivity index (χ3v) is 2.95. The van der Waals surface area contributed by atoms with Gasteiger partial charge < -0.3 is 20.1 Å². The average Bonchev–Trinajstić information content (AvgIpc) is 2.38. The molecule has 0 radical (unpaired) electrons. The summed E-state index contributed by atoms with van der Waals surface area (Å²) < 4.78 is 45.6. The summed E-state index contributed by atoms with van der Waals surface area (Å²) in [5.74, 6) is 0.585. The lowest BCUT2D eigenvalue weighted by atomic mass is 9.89. The van der Waals surface area contributed by atoms with Crippen LogP contribution in [-0.2, 0) is 9.47 Å². The van der Waals surface area contributed by atoms with Gasteiger partial charge in [0.05, 0.1) is 6.10 Å². The Balaban J connectivity index is 0. The lowest BCUT2D eigenvalue weighted by molar-refractivity contribution is -0.173. The number of rotatable bonds is 8. The second-order valence-corrected chi connectivity index (χ2v) is 5.99. The van der Waals surface area contributed by atoms with Crippen LogP contribution >= 0.6 is 24.0 Å². The molecule has 0 heterocycles. The second-order valence-electron chi connectivity index (χ2n) is 5.99. The molecule has 2 N–H and O–H groups in total. The number of hydrogen-bond donors (Lipinski definition) is 2. The normalized spacial score (nSPS) is 14.2. The van der Waals surface area contributed by atoms with Crippen molar-refractivity contribution in [3.63, 3.8) is 0 Å². The third-order valence-electron chi connectivity index (χ3n) is 2.95. The van der Waals surface area contributed by atoms with Gasteiger partial charge in [0.25, 0.3) is 0 Å². The molecule has 0 aromatic carbocycles. The lowest BCUT2D eigenvalue weighted by Crippen LogP contribution is -2.45. The number of hydrogen-bond acceptors (Lipinski definition) is 3. The number of methoxy groups -OCH3 is 1. The van der Waals surface area contributed by atoms with E-state index in [1.807, 2.05) is 0 Å². The van der Waals surface area contributed by atoms with Crippen LogP contribution in [0, 0.1) is 5.41 Å². The van der Waals surface area contributed by atoms with Crippen molar-refractivity contribution in [1.29, 1.82) is 0 Å². The molecule has 0 aliphatic carbocycles. The fraction of sp³-hybridized carbons (Fsp3) is 0.929. The molecule has 0 spiro atoms. The van der Waals surface area contributed by atoms with Crippen molar-refractivity contribution in [2.45, 2.75) is 39.5 Å². The molecule has 9 heteroatoms. The maximum Gasteiger partial charge on any atom is 0.411 e. The van der Waals surface area contributed by atoms with Crippen molar-refractivity contribution in [2.24, 2.45) is 10.4 Å². The van der Waals surface area contributed by atoms with Gasteiger partial charge in [-0.2, -0.15) is 13.2 Å². The minimum absolute atomic E-state index is 0. The summed E-state index contributed by atoms with van der Waals surface area (Å²) in [6.45, 7) is 6.15. The predicted molar refractivity (Wildman–Crippen MR) is 96.5 cm³/mol. The SMILES string of the molecule is CN=C(NCCCOCC(F)(F)F)NCC(OC)C(C)(C)C.I. The molecule has 0 saturated carbocycles. The van der Waals surface area contributed by atoms with Crippen LogP contribution in [0.2, 0.25) is 0 Å². The zero-order chi connectivity index (χ0) is 17.2. The van der Waals surface area contributed by atoms with Crippen LogP contribution in [0.15, 0.2) is 4.99 Å². The Kier molecular flexibility index (Phi) is 13.2. The van der Waals surface area contributed by atoms with Gasteiger partial charge in [-0.05, 0) is 11.8 Å². The molecule has 5 nitrogen and oxygen atoms in total. The number of aliphatic imine (C=N–C) groups is 1. The van der Waals surface area contributed by atoms with E-state index in [-0.39, 0.29) is 42.1 Å². The van der Waals surface area contributed by atoms with Crippen LogP contribution in [0.1, 0.15) is 27.2 Å². The quantitative estimate of drug-likeness (QED) is 0.256. The molecule has 0 amide bonds. The molecule has 140 valence electrons. The van der Waals surface area contributed by atoms with E-state index >= 15 is 0 Å². The molecular formula is C14H29F3IN3O2. The van der Waals surface area contributed by atoms with Crippen LogP contribution in [0.5, 0.6) is 0 Å². The van der Waals surface area contributed by atoms with Crippen LogP contribution < -0.4 is 10.6 Å². The number of nitrogens with one attached hydrogen (secondary N) is 2. The van der Waals surface area contributed by atoms with Gasteiger partial charge in [0, 0.05) is 33.9 Å². The number of halogens is 4. The summed E-state index contributed by atoms with van der Waals surface area (Å²) in [6.07, 6.45) is -3.79. The fourth-order valence-electron chi connectivity index (χ4n) is 1.72. The Hall–Kier alpha value is -0.290. The van der Waals surface area contributed by atoms with Crippen molar-refractivity contribution in [3.05, 3.63) is 0 Å². The molecule has 0 aromatic heterocycles. The Morgan fingerprint density at radius 1 is 1.17 bits per heavy atom. The first-order chi connectivity index (χ1) is 10.1. The molecule has 0 bridgehead atoms. The minimum atomic E-state index is -4.27.